The fraction of sp³-hybridized carbons (Fsp3) is 0.0526. The molecule has 0 saturated carbocycles. The Kier molecular flexibility index (Phi) is 4.82. The molecule has 154 valence electrons. The van der Waals surface area contributed by atoms with E-state index in [2.05, 4.69) is 14.9 Å². The fourth-order valence-electron chi connectivity index (χ4n) is 2.78. The Bertz CT molecular complexity index is 1250. The molecule has 0 radical (unpaired) electrons. The average Bonchev–Trinajstić information content (AvgIpc) is 3.38. The molecule has 0 fully saturated rings. The molecule has 0 aliphatic carbocycles. The Morgan fingerprint density at radius 3 is 2.27 bits per heavy atom. The molecule has 2 heterocycles. The van der Waals surface area contributed by atoms with E-state index in [1.54, 1.807) is 53.6 Å². The van der Waals surface area contributed by atoms with Gasteiger partial charge in [-0.1, -0.05) is 30.3 Å². The summed E-state index contributed by atoms with van der Waals surface area (Å²) in [5.41, 5.74) is -0.188. The Hall–Kier alpha value is -3.60. The minimum atomic E-state index is -4.74. The van der Waals surface area contributed by atoms with Gasteiger partial charge in [0.05, 0.1) is 16.9 Å². The van der Waals surface area contributed by atoms with Gasteiger partial charge in [0.1, 0.15) is 0 Å². The number of hydrogen-bond donors (Lipinski definition) is 1. The molecule has 0 aliphatic rings. The fourth-order valence-corrected chi connectivity index (χ4v) is 3.76. The molecule has 0 amide bonds. The monoisotopic (exact) mass is 433 g/mol. The Morgan fingerprint density at radius 2 is 1.67 bits per heavy atom. The topological polar surface area (TPSA) is 81.8 Å². The third kappa shape index (κ3) is 3.92. The highest BCUT2D eigenvalue weighted by molar-refractivity contribution is 7.92. The zero-order chi connectivity index (χ0) is 21.4. The zero-order valence-electron chi connectivity index (χ0n) is 15.2. The van der Waals surface area contributed by atoms with Crippen molar-refractivity contribution in [1.82, 2.24) is 19.4 Å². The van der Waals surface area contributed by atoms with Crippen molar-refractivity contribution in [3.8, 4) is 16.9 Å². The molecular weight excluding hydrogens is 419 g/mol. The molecule has 2 aromatic heterocycles. The van der Waals surface area contributed by atoms with E-state index >= 15 is 0 Å². The van der Waals surface area contributed by atoms with Crippen LogP contribution in [-0.2, 0) is 16.2 Å². The molecule has 4 aromatic rings. The van der Waals surface area contributed by atoms with Gasteiger partial charge >= 0.3 is 6.18 Å². The van der Waals surface area contributed by atoms with Crippen LogP contribution < -0.4 is 4.83 Å². The van der Waals surface area contributed by atoms with E-state index in [-0.39, 0.29) is 10.6 Å². The van der Waals surface area contributed by atoms with Gasteiger partial charge in [0.25, 0.3) is 10.0 Å². The van der Waals surface area contributed by atoms with Crippen LogP contribution >= 0.6 is 0 Å². The minimum Gasteiger partial charge on any atom is -0.306 e. The summed E-state index contributed by atoms with van der Waals surface area (Å²) in [6.45, 7) is 0. The largest absolute Gasteiger partial charge is 0.435 e. The van der Waals surface area contributed by atoms with Crippen LogP contribution in [0.2, 0.25) is 0 Å². The van der Waals surface area contributed by atoms with Gasteiger partial charge in [0.15, 0.2) is 5.69 Å². The second-order valence-corrected chi connectivity index (χ2v) is 7.91. The number of sulfonamides is 1. The van der Waals surface area contributed by atoms with Crippen LogP contribution in [0.15, 0.2) is 84.3 Å². The average molecular weight is 433 g/mol. The maximum Gasteiger partial charge on any atom is 0.435 e. The molecule has 0 unspecified atom stereocenters. The van der Waals surface area contributed by atoms with E-state index in [9.17, 15) is 21.6 Å². The van der Waals surface area contributed by atoms with Gasteiger partial charge in [-0.2, -0.15) is 31.2 Å². The highest BCUT2D eigenvalue weighted by atomic mass is 32.2. The molecule has 1 N–H and O–H groups in total. The van der Waals surface area contributed by atoms with Crippen molar-refractivity contribution < 1.29 is 21.6 Å². The molecular formula is C19H14F3N5O2S. The molecule has 0 aliphatic heterocycles. The van der Waals surface area contributed by atoms with Crippen LogP contribution in [0.25, 0.3) is 16.9 Å². The lowest BCUT2D eigenvalue weighted by Crippen LogP contribution is -2.25. The van der Waals surface area contributed by atoms with Crippen molar-refractivity contribution in [1.29, 1.82) is 0 Å². The number of halogens is 3. The predicted molar refractivity (Wildman–Crippen MR) is 103 cm³/mol. The van der Waals surface area contributed by atoms with Gasteiger partial charge in [-0.25, -0.2) is 4.98 Å². The van der Waals surface area contributed by atoms with E-state index in [1.165, 1.54) is 24.3 Å². The van der Waals surface area contributed by atoms with Crippen LogP contribution in [0.1, 0.15) is 5.69 Å². The van der Waals surface area contributed by atoms with Crippen molar-refractivity contribution in [2.45, 2.75) is 11.1 Å². The van der Waals surface area contributed by atoms with E-state index in [4.69, 9.17) is 0 Å². The Morgan fingerprint density at radius 1 is 0.967 bits per heavy atom. The lowest BCUT2D eigenvalue weighted by molar-refractivity contribution is -0.141. The van der Waals surface area contributed by atoms with Crippen molar-refractivity contribution >= 4 is 10.0 Å². The van der Waals surface area contributed by atoms with Gasteiger partial charge in [-0.3, -0.25) is 0 Å². The molecule has 0 spiro atoms. The minimum absolute atomic E-state index is 0.0565. The normalized spacial score (nSPS) is 12.1. The number of benzene rings is 2. The maximum atomic E-state index is 13.2. The summed E-state index contributed by atoms with van der Waals surface area (Å²) < 4.78 is 66.6. The standard InChI is InChI=1S/C19H14F3N5O2S/c20-19(21,22)18-12-17(14-6-8-15(9-7-14)26-11-10-23-13-26)27(24-18)25-30(28,29)16-4-2-1-3-5-16/h1-13,25H. The number of aromatic nitrogens is 4. The number of hydrogen-bond acceptors (Lipinski definition) is 4. The Balaban J connectivity index is 1.75. The molecule has 0 bridgehead atoms. The summed E-state index contributed by atoms with van der Waals surface area (Å²) in [6, 6.07) is 14.6. The van der Waals surface area contributed by atoms with Gasteiger partial charge < -0.3 is 4.57 Å². The third-order valence-electron chi connectivity index (χ3n) is 4.23. The van der Waals surface area contributed by atoms with Gasteiger partial charge in [0, 0.05) is 23.6 Å². The van der Waals surface area contributed by atoms with E-state index in [0.29, 0.717) is 10.4 Å². The highest BCUT2D eigenvalue weighted by Crippen LogP contribution is 2.32. The first kappa shape index (κ1) is 19.7. The van der Waals surface area contributed by atoms with E-state index < -0.39 is 21.9 Å². The molecule has 4 rings (SSSR count). The first-order chi connectivity index (χ1) is 14.2. The molecule has 0 saturated heterocycles. The Labute approximate surface area is 169 Å². The molecule has 0 atom stereocenters. The summed E-state index contributed by atoms with van der Waals surface area (Å²) in [5, 5.41) is 3.43. The quantitative estimate of drug-likeness (QED) is 0.521. The van der Waals surface area contributed by atoms with Gasteiger partial charge in [-0.15, -0.1) is 5.10 Å². The number of nitrogens with one attached hydrogen (secondary N) is 1. The van der Waals surface area contributed by atoms with Crippen molar-refractivity contribution in [2.24, 2.45) is 0 Å². The second-order valence-electron chi connectivity index (χ2n) is 6.25. The number of alkyl halides is 3. The molecule has 30 heavy (non-hydrogen) atoms. The maximum absolute atomic E-state index is 13.2. The summed E-state index contributed by atoms with van der Waals surface area (Å²) in [6.07, 6.45) is 0.149. The zero-order valence-corrected chi connectivity index (χ0v) is 16.0. The summed E-state index contributed by atoms with van der Waals surface area (Å²) in [7, 11) is -4.15. The molecule has 2 aromatic carbocycles. The van der Waals surface area contributed by atoms with Crippen LogP contribution in [0.3, 0.4) is 0 Å². The lowest BCUT2D eigenvalue weighted by Gasteiger charge is -2.11. The van der Waals surface area contributed by atoms with Crippen LogP contribution in [-0.4, -0.2) is 27.9 Å². The smallest absolute Gasteiger partial charge is 0.306 e. The van der Waals surface area contributed by atoms with Crippen LogP contribution in [0.5, 0.6) is 0 Å². The number of rotatable bonds is 5. The lowest BCUT2D eigenvalue weighted by atomic mass is 10.1. The highest BCUT2D eigenvalue weighted by Gasteiger charge is 2.35. The molecule has 11 heteroatoms. The first-order valence-corrected chi connectivity index (χ1v) is 10.1. The number of imidazole rings is 1. The SMILES string of the molecule is O=S(=O)(Nn1nc(C(F)(F)F)cc1-c1ccc(-n2ccnc2)cc1)c1ccccc1. The van der Waals surface area contributed by atoms with E-state index in [0.717, 1.165) is 11.8 Å². The first-order valence-electron chi connectivity index (χ1n) is 8.58. The van der Waals surface area contributed by atoms with Gasteiger partial charge in [-0.05, 0) is 30.3 Å². The molecule has 7 nitrogen and oxygen atoms in total. The van der Waals surface area contributed by atoms with E-state index in [1.807, 2.05) is 0 Å². The second kappa shape index (κ2) is 7.34. The van der Waals surface area contributed by atoms with Gasteiger partial charge in [0.2, 0.25) is 0 Å². The number of nitrogens with zero attached hydrogens (tertiary/aromatic N) is 4. The van der Waals surface area contributed by atoms with Crippen LogP contribution in [0.4, 0.5) is 13.2 Å². The van der Waals surface area contributed by atoms with Crippen molar-refractivity contribution in [3.63, 3.8) is 0 Å². The summed E-state index contributed by atoms with van der Waals surface area (Å²) in [4.78, 5) is 6.56. The summed E-state index contributed by atoms with van der Waals surface area (Å²) in [5.74, 6) is 0. The summed E-state index contributed by atoms with van der Waals surface area (Å²) >= 11 is 0. The van der Waals surface area contributed by atoms with Crippen LogP contribution in [0, 0.1) is 0 Å². The predicted octanol–water partition coefficient (Wildman–Crippen LogP) is 3.69. The third-order valence-corrected chi connectivity index (χ3v) is 5.53. The van der Waals surface area contributed by atoms with Crippen molar-refractivity contribution in [3.05, 3.63) is 85.1 Å². The van der Waals surface area contributed by atoms with Crippen molar-refractivity contribution in [2.75, 3.05) is 4.83 Å².